The molecule has 0 heterocycles. The van der Waals surface area contributed by atoms with Crippen molar-refractivity contribution in [2.24, 2.45) is 0 Å². The number of rotatable bonds is 7. The molecule has 0 atom stereocenters. The fourth-order valence-electron chi connectivity index (χ4n) is 1.96. The van der Waals surface area contributed by atoms with E-state index in [9.17, 15) is 9.59 Å². The smallest absolute Gasteiger partial charge is 0.326 e. The first-order chi connectivity index (χ1) is 11.6. The van der Waals surface area contributed by atoms with E-state index in [-0.39, 0.29) is 12.5 Å². The van der Waals surface area contributed by atoms with Gasteiger partial charge in [0.05, 0.1) is 0 Å². The predicted molar refractivity (Wildman–Crippen MR) is 101 cm³/mol. The molecule has 0 saturated carbocycles. The maximum absolute atomic E-state index is 12.5. The molecule has 1 rings (SSSR count). The van der Waals surface area contributed by atoms with Crippen molar-refractivity contribution in [3.05, 3.63) is 40.9 Å². The highest BCUT2D eigenvalue weighted by atomic mass is 35.5. The summed E-state index contributed by atoms with van der Waals surface area (Å²) >= 11 is 5.85. The second kappa shape index (κ2) is 9.59. The van der Waals surface area contributed by atoms with Gasteiger partial charge in [0.15, 0.2) is 0 Å². The fourth-order valence-corrected chi connectivity index (χ4v) is 2.09. The lowest BCUT2D eigenvalue weighted by Crippen LogP contribution is -2.41. The summed E-state index contributed by atoms with van der Waals surface area (Å²) in [6, 6.07) is 7.17. The van der Waals surface area contributed by atoms with Crippen molar-refractivity contribution in [2.75, 3.05) is 33.7 Å². The van der Waals surface area contributed by atoms with Gasteiger partial charge in [-0.25, -0.2) is 0 Å². The highest BCUT2D eigenvalue weighted by molar-refractivity contribution is 6.30. The topological polar surface area (TPSA) is 49.9 Å². The van der Waals surface area contributed by atoms with Gasteiger partial charge in [-0.3, -0.25) is 9.59 Å². The van der Waals surface area contributed by atoms with Crippen molar-refractivity contribution in [3.8, 4) is 0 Å². The van der Waals surface area contributed by atoms with Crippen LogP contribution in [0.2, 0.25) is 5.02 Å². The molecule has 0 radical (unpaired) electrons. The van der Waals surface area contributed by atoms with Crippen LogP contribution in [0.15, 0.2) is 30.3 Å². The molecular weight excluding hydrogens is 340 g/mol. The van der Waals surface area contributed by atoms with Crippen molar-refractivity contribution in [1.82, 2.24) is 9.80 Å². The van der Waals surface area contributed by atoms with Gasteiger partial charge in [0.2, 0.25) is 5.91 Å². The van der Waals surface area contributed by atoms with Crippen molar-refractivity contribution in [2.45, 2.75) is 26.4 Å². The molecule has 0 spiro atoms. The molecular formula is C19H27ClN2O3. The Labute approximate surface area is 155 Å². The number of carbonyl (C=O) groups excluding carboxylic acids is 2. The number of hydrogen-bond acceptors (Lipinski definition) is 4. The quantitative estimate of drug-likeness (QED) is 0.549. The second-order valence-electron chi connectivity index (χ2n) is 7.03. The minimum atomic E-state index is -0.577. The van der Waals surface area contributed by atoms with E-state index in [1.54, 1.807) is 39.0 Å². The molecule has 0 bridgehead atoms. The van der Waals surface area contributed by atoms with Crippen molar-refractivity contribution in [3.63, 3.8) is 0 Å². The number of amides is 1. The standard InChI is InChI=1S/C19H27ClN2O3/c1-19(2,3)25-18(24)14-22(13-12-21(4)5)17(23)11-8-15-6-9-16(20)10-7-15/h6-11H,12-14H2,1-5H3/b11-8+. The van der Waals surface area contributed by atoms with Gasteiger partial charge in [0, 0.05) is 24.2 Å². The molecule has 0 unspecified atom stereocenters. The zero-order valence-electron chi connectivity index (χ0n) is 15.6. The van der Waals surface area contributed by atoms with E-state index in [1.165, 1.54) is 11.0 Å². The fraction of sp³-hybridized carbons (Fsp3) is 0.474. The Bertz CT molecular complexity index is 604. The summed E-state index contributed by atoms with van der Waals surface area (Å²) in [7, 11) is 3.83. The summed E-state index contributed by atoms with van der Waals surface area (Å²) < 4.78 is 5.32. The maximum atomic E-state index is 12.5. The van der Waals surface area contributed by atoms with E-state index in [0.29, 0.717) is 18.1 Å². The van der Waals surface area contributed by atoms with E-state index < -0.39 is 11.6 Å². The number of carbonyl (C=O) groups is 2. The Kier molecular flexibility index (Phi) is 8.13. The van der Waals surface area contributed by atoms with Crippen LogP contribution in [0.5, 0.6) is 0 Å². The van der Waals surface area contributed by atoms with Gasteiger partial charge in [0.25, 0.3) is 0 Å². The summed E-state index contributed by atoms with van der Waals surface area (Å²) in [5, 5.41) is 0.640. The Morgan fingerprint density at radius 2 is 1.72 bits per heavy atom. The SMILES string of the molecule is CN(C)CCN(CC(=O)OC(C)(C)C)C(=O)/C=C/c1ccc(Cl)cc1. The minimum absolute atomic E-state index is 0.0745. The predicted octanol–water partition coefficient (Wildman–Crippen LogP) is 3.09. The Morgan fingerprint density at radius 1 is 1.12 bits per heavy atom. The Morgan fingerprint density at radius 3 is 2.24 bits per heavy atom. The zero-order chi connectivity index (χ0) is 19.0. The molecule has 25 heavy (non-hydrogen) atoms. The third kappa shape index (κ3) is 9.27. The van der Waals surface area contributed by atoms with Crippen LogP contribution >= 0.6 is 11.6 Å². The first-order valence-corrected chi connectivity index (χ1v) is 8.54. The molecule has 0 aliphatic carbocycles. The largest absolute Gasteiger partial charge is 0.459 e. The molecule has 5 nitrogen and oxygen atoms in total. The molecule has 0 saturated heterocycles. The lowest BCUT2D eigenvalue weighted by Gasteiger charge is -2.25. The summed E-state index contributed by atoms with van der Waals surface area (Å²) in [6.07, 6.45) is 3.17. The van der Waals surface area contributed by atoms with E-state index in [2.05, 4.69) is 0 Å². The van der Waals surface area contributed by atoms with E-state index in [4.69, 9.17) is 16.3 Å². The second-order valence-corrected chi connectivity index (χ2v) is 7.47. The molecule has 138 valence electrons. The van der Waals surface area contributed by atoms with Crippen molar-refractivity contribution >= 4 is 29.6 Å². The van der Waals surface area contributed by atoms with Crippen LogP contribution < -0.4 is 0 Å². The summed E-state index contributed by atoms with van der Waals surface area (Å²) in [4.78, 5) is 28.0. The van der Waals surface area contributed by atoms with Crippen molar-refractivity contribution < 1.29 is 14.3 Å². The van der Waals surface area contributed by atoms with Gasteiger partial charge in [-0.15, -0.1) is 0 Å². The van der Waals surface area contributed by atoms with Crippen LogP contribution in [0.4, 0.5) is 0 Å². The molecule has 1 amide bonds. The lowest BCUT2D eigenvalue weighted by atomic mass is 10.2. The van der Waals surface area contributed by atoms with Gasteiger partial charge < -0.3 is 14.5 Å². The number of hydrogen-bond donors (Lipinski definition) is 0. The number of likely N-dealkylation sites (N-methyl/N-ethyl adjacent to an activating group) is 1. The third-order valence-corrected chi connectivity index (χ3v) is 3.41. The van der Waals surface area contributed by atoms with Gasteiger partial charge in [-0.1, -0.05) is 23.7 Å². The van der Waals surface area contributed by atoms with Gasteiger partial charge >= 0.3 is 5.97 Å². The first kappa shape index (κ1) is 21.2. The molecule has 0 N–H and O–H groups in total. The number of benzene rings is 1. The van der Waals surface area contributed by atoms with Crippen LogP contribution in [0, 0.1) is 0 Å². The van der Waals surface area contributed by atoms with Crippen LogP contribution in [0.1, 0.15) is 26.3 Å². The zero-order valence-corrected chi connectivity index (χ0v) is 16.3. The molecule has 0 aliphatic heterocycles. The van der Waals surface area contributed by atoms with Crippen LogP contribution in [-0.4, -0.2) is 61.0 Å². The number of halogens is 1. The molecule has 6 heteroatoms. The normalized spacial score (nSPS) is 11.8. The van der Waals surface area contributed by atoms with E-state index >= 15 is 0 Å². The summed E-state index contributed by atoms with van der Waals surface area (Å²) in [5.41, 5.74) is 0.287. The molecule has 1 aromatic carbocycles. The molecule has 0 aliphatic rings. The number of esters is 1. The average molecular weight is 367 g/mol. The van der Waals surface area contributed by atoms with Crippen LogP contribution in [0.3, 0.4) is 0 Å². The van der Waals surface area contributed by atoms with Crippen LogP contribution in [0.25, 0.3) is 6.08 Å². The van der Waals surface area contributed by atoms with E-state index in [1.807, 2.05) is 31.1 Å². The summed E-state index contributed by atoms with van der Waals surface area (Å²) in [6.45, 7) is 6.43. The molecule has 0 aromatic heterocycles. The minimum Gasteiger partial charge on any atom is -0.459 e. The highest BCUT2D eigenvalue weighted by Gasteiger charge is 2.21. The van der Waals surface area contributed by atoms with Gasteiger partial charge in [-0.2, -0.15) is 0 Å². The number of ether oxygens (including phenoxy) is 1. The molecule has 1 aromatic rings. The monoisotopic (exact) mass is 366 g/mol. The third-order valence-electron chi connectivity index (χ3n) is 3.16. The lowest BCUT2D eigenvalue weighted by molar-refractivity contribution is -0.158. The maximum Gasteiger partial charge on any atom is 0.326 e. The highest BCUT2D eigenvalue weighted by Crippen LogP contribution is 2.11. The van der Waals surface area contributed by atoms with Crippen molar-refractivity contribution in [1.29, 1.82) is 0 Å². The Balaban J connectivity index is 2.77. The van der Waals surface area contributed by atoms with E-state index in [0.717, 1.165) is 5.56 Å². The van der Waals surface area contributed by atoms with Crippen LogP contribution in [-0.2, 0) is 14.3 Å². The molecule has 0 fully saturated rings. The number of nitrogens with zero attached hydrogens (tertiary/aromatic N) is 2. The summed E-state index contributed by atoms with van der Waals surface area (Å²) in [5.74, 6) is -0.651. The van der Waals surface area contributed by atoms with Gasteiger partial charge in [0.1, 0.15) is 12.1 Å². The average Bonchev–Trinajstić information content (AvgIpc) is 2.48. The first-order valence-electron chi connectivity index (χ1n) is 8.16. The Hall–Kier alpha value is -1.85. The van der Waals surface area contributed by atoms with Gasteiger partial charge in [-0.05, 0) is 58.6 Å².